The molecule has 0 spiro atoms. The van der Waals surface area contributed by atoms with Crippen LogP contribution < -0.4 is 5.32 Å². The van der Waals surface area contributed by atoms with Crippen LogP contribution >= 0.6 is 0 Å². The van der Waals surface area contributed by atoms with E-state index in [0.29, 0.717) is 0 Å². The molecule has 2 aromatic rings. The summed E-state index contributed by atoms with van der Waals surface area (Å²) in [5.74, 6) is 1.23. The van der Waals surface area contributed by atoms with Crippen molar-refractivity contribution in [3.05, 3.63) is 30.1 Å². The number of benzene rings is 1. The second-order valence-electron chi connectivity index (χ2n) is 5.05. The first kappa shape index (κ1) is 14.6. The lowest BCUT2D eigenvalue weighted by Crippen LogP contribution is -2.20. The van der Waals surface area contributed by atoms with Crippen molar-refractivity contribution < 1.29 is 4.79 Å². The molecule has 0 radical (unpaired) electrons. The predicted octanol–water partition coefficient (Wildman–Crippen LogP) is 2.91. The molecule has 0 fully saturated rings. The van der Waals surface area contributed by atoms with E-state index in [1.165, 1.54) is 11.3 Å². The Labute approximate surface area is 120 Å². The molecular weight excluding hydrogens is 250 g/mol. The molecule has 2 rings (SSSR count). The predicted molar refractivity (Wildman–Crippen MR) is 81.6 cm³/mol. The summed E-state index contributed by atoms with van der Waals surface area (Å²) in [6, 6.07) is 8.30. The van der Waals surface area contributed by atoms with Crippen LogP contribution in [0.25, 0.3) is 11.0 Å². The van der Waals surface area contributed by atoms with Crippen molar-refractivity contribution in [1.29, 1.82) is 0 Å². The zero-order valence-corrected chi connectivity index (χ0v) is 12.4. The molecule has 20 heavy (non-hydrogen) atoms. The first-order valence-corrected chi connectivity index (χ1v) is 7.41. The van der Waals surface area contributed by atoms with Crippen LogP contribution in [0.2, 0.25) is 0 Å². The number of carbonyl (C=O) groups is 1. The molecule has 0 aliphatic rings. The lowest BCUT2D eigenvalue weighted by atomic mass is 10.2. The largest absolute Gasteiger partial charge is 0.356 e. The summed E-state index contributed by atoms with van der Waals surface area (Å²) in [7, 11) is 0. The first-order valence-electron chi connectivity index (χ1n) is 7.41. The molecule has 0 bridgehead atoms. The normalized spacial score (nSPS) is 10.9. The molecule has 0 unspecified atom stereocenters. The third kappa shape index (κ3) is 3.59. The number of para-hydroxylation sites is 2. The van der Waals surface area contributed by atoms with Crippen molar-refractivity contribution in [2.24, 2.45) is 0 Å². The van der Waals surface area contributed by atoms with Gasteiger partial charge in [0, 0.05) is 26.4 Å². The summed E-state index contributed by atoms with van der Waals surface area (Å²) in [6.45, 7) is 5.46. The molecule has 1 aromatic heterocycles. The zero-order chi connectivity index (χ0) is 14.4. The van der Waals surface area contributed by atoms with E-state index in [4.69, 9.17) is 4.98 Å². The summed E-state index contributed by atoms with van der Waals surface area (Å²) in [5, 5.41) is 2.83. The van der Waals surface area contributed by atoms with E-state index in [1.54, 1.807) is 6.92 Å². The molecular formula is C16H23N3O. The van der Waals surface area contributed by atoms with Gasteiger partial charge in [-0.25, -0.2) is 4.98 Å². The maximum absolute atomic E-state index is 10.8. The Morgan fingerprint density at radius 1 is 1.25 bits per heavy atom. The Kier molecular flexibility index (Phi) is 5.16. The number of amides is 1. The Morgan fingerprint density at radius 2 is 2.05 bits per heavy atom. The van der Waals surface area contributed by atoms with Gasteiger partial charge in [0.15, 0.2) is 0 Å². The highest BCUT2D eigenvalue weighted by atomic mass is 16.1. The van der Waals surface area contributed by atoms with Gasteiger partial charge in [-0.3, -0.25) is 4.79 Å². The summed E-state index contributed by atoms with van der Waals surface area (Å²) in [6.07, 6.45) is 4.27. The fraction of sp³-hybridized carbons (Fsp3) is 0.500. The highest BCUT2D eigenvalue weighted by molar-refractivity contribution is 5.75. The zero-order valence-electron chi connectivity index (χ0n) is 12.4. The number of rotatable bonds is 7. The number of hydrogen-bond acceptors (Lipinski definition) is 2. The summed E-state index contributed by atoms with van der Waals surface area (Å²) < 4.78 is 2.29. The highest BCUT2D eigenvalue weighted by Gasteiger charge is 2.08. The van der Waals surface area contributed by atoms with Gasteiger partial charge in [-0.05, 0) is 31.9 Å². The fourth-order valence-electron chi connectivity index (χ4n) is 2.52. The van der Waals surface area contributed by atoms with Gasteiger partial charge in [-0.2, -0.15) is 0 Å². The van der Waals surface area contributed by atoms with Gasteiger partial charge in [0.05, 0.1) is 11.0 Å². The maximum atomic E-state index is 10.8. The summed E-state index contributed by atoms with van der Waals surface area (Å²) >= 11 is 0. The average Bonchev–Trinajstić information content (AvgIpc) is 2.79. The molecule has 0 aliphatic carbocycles. The number of hydrogen-bond donors (Lipinski definition) is 1. The minimum atomic E-state index is 0.0535. The topological polar surface area (TPSA) is 46.9 Å². The molecule has 0 saturated carbocycles. The number of fused-ring (bicyclic) bond motifs is 1. The van der Waals surface area contributed by atoms with Crippen molar-refractivity contribution in [2.45, 2.75) is 46.1 Å². The lowest BCUT2D eigenvalue weighted by molar-refractivity contribution is -0.118. The van der Waals surface area contributed by atoms with Crippen LogP contribution in [0.5, 0.6) is 0 Å². The number of imidazole rings is 1. The Morgan fingerprint density at radius 3 is 2.80 bits per heavy atom. The maximum Gasteiger partial charge on any atom is 0.216 e. The van der Waals surface area contributed by atoms with Gasteiger partial charge in [-0.1, -0.05) is 18.6 Å². The number of aryl methyl sites for hydroxylation is 2. The summed E-state index contributed by atoms with van der Waals surface area (Å²) in [4.78, 5) is 15.5. The van der Waals surface area contributed by atoms with Crippen LogP contribution in [-0.4, -0.2) is 22.0 Å². The van der Waals surface area contributed by atoms with E-state index >= 15 is 0 Å². The summed E-state index contributed by atoms with van der Waals surface area (Å²) in [5.41, 5.74) is 2.31. The monoisotopic (exact) mass is 273 g/mol. The third-order valence-corrected chi connectivity index (χ3v) is 3.50. The van der Waals surface area contributed by atoms with Crippen molar-refractivity contribution in [1.82, 2.24) is 14.9 Å². The van der Waals surface area contributed by atoms with Gasteiger partial charge in [0.2, 0.25) is 5.91 Å². The van der Waals surface area contributed by atoms with Gasteiger partial charge in [0.25, 0.3) is 0 Å². The van der Waals surface area contributed by atoms with E-state index in [9.17, 15) is 4.79 Å². The first-order chi connectivity index (χ1) is 9.72. The van der Waals surface area contributed by atoms with Crippen LogP contribution in [0.1, 0.15) is 38.9 Å². The van der Waals surface area contributed by atoms with Crippen LogP contribution in [-0.2, 0) is 17.8 Å². The van der Waals surface area contributed by atoms with Crippen LogP contribution in [0.3, 0.4) is 0 Å². The molecule has 4 heteroatoms. The van der Waals surface area contributed by atoms with Crippen LogP contribution in [0.4, 0.5) is 0 Å². The van der Waals surface area contributed by atoms with Crippen LogP contribution in [0, 0.1) is 0 Å². The minimum Gasteiger partial charge on any atom is -0.356 e. The molecule has 108 valence electrons. The van der Waals surface area contributed by atoms with Crippen molar-refractivity contribution >= 4 is 16.9 Å². The van der Waals surface area contributed by atoms with E-state index in [2.05, 4.69) is 35.0 Å². The average molecular weight is 273 g/mol. The molecule has 1 heterocycles. The van der Waals surface area contributed by atoms with Gasteiger partial charge in [0.1, 0.15) is 5.82 Å². The number of unbranched alkanes of at least 4 members (excludes halogenated alkanes) is 2. The van der Waals surface area contributed by atoms with Crippen molar-refractivity contribution in [3.8, 4) is 0 Å². The smallest absolute Gasteiger partial charge is 0.216 e. The standard InChI is InChI=1S/C16H23N3O/c1-3-19-15-10-7-6-9-14(15)18-16(19)11-5-4-8-12-17-13(2)20/h6-7,9-10H,3-5,8,11-12H2,1-2H3,(H,17,20). The molecule has 1 amide bonds. The molecule has 1 N–H and O–H groups in total. The Balaban J connectivity index is 1.88. The molecule has 0 saturated heterocycles. The van der Waals surface area contributed by atoms with E-state index in [0.717, 1.165) is 44.3 Å². The van der Waals surface area contributed by atoms with Crippen molar-refractivity contribution in [2.75, 3.05) is 6.54 Å². The third-order valence-electron chi connectivity index (χ3n) is 3.50. The van der Waals surface area contributed by atoms with E-state index < -0.39 is 0 Å². The number of nitrogens with zero attached hydrogens (tertiary/aromatic N) is 2. The minimum absolute atomic E-state index is 0.0535. The van der Waals surface area contributed by atoms with E-state index in [1.807, 2.05) is 6.07 Å². The number of carbonyl (C=O) groups excluding carboxylic acids is 1. The van der Waals surface area contributed by atoms with Gasteiger partial charge >= 0.3 is 0 Å². The number of aromatic nitrogens is 2. The highest BCUT2D eigenvalue weighted by Crippen LogP contribution is 2.17. The Hall–Kier alpha value is -1.84. The molecule has 0 atom stereocenters. The second-order valence-corrected chi connectivity index (χ2v) is 5.05. The SMILES string of the molecule is CCn1c(CCCCCNC(C)=O)nc2ccccc21. The molecule has 4 nitrogen and oxygen atoms in total. The quantitative estimate of drug-likeness (QED) is 0.788. The van der Waals surface area contributed by atoms with Gasteiger partial charge in [-0.15, -0.1) is 0 Å². The van der Waals surface area contributed by atoms with Crippen LogP contribution in [0.15, 0.2) is 24.3 Å². The number of nitrogens with one attached hydrogen (secondary N) is 1. The fourth-order valence-corrected chi connectivity index (χ4v) is 2.52. The van der Waals surface area contributed by atoms with Crippen molar-refractivity contribution in [3.63, 3.8) is 0 Å². The lowest BCUT2D eigenvalue weighted by Gasteiger charge is -2.06. The van der Waals surface area contributed by atoms with Gasteiger partial charge < -0.3 is 9.88 Å². The molecule has 1 aromatic carbocycles. The second kappa shape index (κ2) is 7.08. The Bertz CT molecular complexity index is 574. The van der Waals surface area contributed by atoms with E-state index in [-0.39, 0.29) is 5.91 Å². The molecule has 0 aliphatic heterocycles.